The Bertz CT molecular complexity index is 687. The molecule has 1 unspecified atom stereocenters. The van der Waals surface area contributed by atoms with E-state index >= 15 is 0 Å². The highest BCUT2D eigenvalue weighted by molar-refractivity contribution is 7.92. The summed E-state index contributed by atoms with van der Waals surface area (Å²) < 4.78 is 28.9. The lowest BCUT2D eigenvalue weighted by Crippen LogP contribution is -2.27. The zero-order valence-electron chi connectivity index (χ0n) is 11.4. The number of amides is 1. The summed E-state index contributed by atoms with van der Waals surface area (Å²) in [4.78, 5) is 11.3. The van der Waals surface area contributed by atoms with Crippen molar-refractivity contribution in [3.8, 4) is 5.75 Å². The van der Waals surface area contributed by atoms with E-state index in [9.17, 15) is 13.2 Å². The van der Waals surface area contributed by atoms with Crippen LogP contribution in [0.2, 0.25) is 0 Å². The molecular formula is C13H17N3O4S. The molecule has 0 saturated carbocycles. The van der Waals surface area contributed by atoms with Crippen LogP contribution in [0.5, 0.6) is 5.75 Å². The van der Waals surface area contributed by atoms with Crippen LogP contribution >= 0.6 is 0 Å². The standard InChI is InChI=1S/C13H17N3O4S/c14-9-4-12-11(16-13(17)7-20-12)5-10(9)15-6-8-2-1-3-21(8,18)19/h4-5,8,15H,1-3,6-7,14H2,(H,16,17). The van der Waals surface area contributed by atoms with Gasteiger partial charge in [0.25, 0.3) is 5.91 Å². The van der Waals surface area contributed by atoms with Crippen LogP contribution < -0.4 is 21.1 Å². The van der Waals surface area contributed by atoms with Gasteiger partial charge in [-0.25, -0.2) is 8.42 Å². The number of sulfone groups is 1. The minimum Gasteiger partial charge on any atom is -0.482 e. The third-order valence-electron chi connectivity index (χ3n) is 3.77. The Hall–Kier alpha value is -1.96. The van der Waals surface area contributed by atoms with Crippen molar-refractivity contribution in [1.82, 2.24) is 0 Å². The van der Waals surface area contributed by atoms with Gasteiger partial charge in [0.15, 0.2) is 16.4 Å². The number of nitrogens with two attached hydrogens (primary N) is 1. The monoisotopic (exact) mass is 311 g/mol. The summed E-state index contributed by atoms with van der Waals surface area (Å²) in [5, 5.41) is 5.38. The van der Waals surface area contributed by atoms with Crippen molar-refractivity contribution in [3.05, 3.63) is 12.1 Å². The first kappa shape index (κ1) is 14.0. The highest BCUT2D eigenvalue weighted by Gasteiger charge is 2.31. The van der Waals surface area contributed by atoms with Crippen LogP contribution in [-0.2, 0) is 14.6 Å². The topological polar surface area (TPSA) is 111 Å². The third-order valence-corrected chi connectivity index (χ3v) is 6.04. The molecule has 7 nitrogen and oxygen atoms in total. The van der Waals surface area contributed by atoms with Gasteiger partial charge in [0.05, 0.1) is 28.1 Å². The van der Waals surface area contributed by atoms with Crippen molar-refractivity contribution in [2.24, 2.45) is 0 Å². The minimum atomic E-state index is -2.99. The number of benzene rings is 1. The molecule has 2 aliphatic rings. The second-order valence-electron chi connectivity index (χ2n) is 5.28. The molecule has 21 heavy (non-hydrogen) atoms. The Morgan fingerprint density at radius 3 is 2.95 bits per heavy atom. The number of nitrogens with one attached hydrogen (secondary N) is 2. The summed E-state index contributed by atoms with van der Waals surface area (Å²) >= 11 is 0. The van der Waals surface area contributed by atoms with E-state index in [1.807, 2.05) is 0 Å². The molecule has 1 fully saturated rings. The van der Waals surface area contributed by atoms with Gasteiger partial charge in [-0.05, 0) is 18.9 Å². The normalized spacial score (nSPS) is 23.0. The van der Waals surface area contributed by atoms with Crippen molar-refractivity contribution in [2.75, 3.05) is 35.3 Å². The SMILES string of the molecule is Nc1cc2c(cc1NCC1CCCS1(=O)=O)NC(=O)CO2. The number of carbonyl (C=O) groups is 1. The maximum atomic E-state index is 11.8. The predicted octanol–water partition coefficient (Wildman–Crippen LogP) is 0.589. The van der Waals surface area contributed by atoms with E-state index in [2.05, 4.69) is 10.6 Å². The Morgan fingerprint density at radius 1 is 1.43 bits per heavy atom. The summed E-state index contributed by atoms with van der Waals surface area (Å²) in [6.07, 6.45) is 1.37. The number of ether oxygens (including phenoxy) is 1. The molecule has 1 saturated heterocycles. The smallest absolute Gasteiger partial charge is 0.262 e. The van der Waals surface area contributed by atoms with Gasteiger partial charge in [0.2, 0.25) is 0 Å². The van der Waals surface area contributed by atoms with Crippen LogP contribution in [0.15, 0.2) is 12.1 Å². The van der Waals surface area contributed by atoms with Crippen LogP contribution in [0, 0.1) is 0 Å². The highest BCUT2D eigenvalue weighted by Crippen LogP contribution is 2.35. The molecule has 1 amide bonds. The van der Waals surface area contributed by atoms with E-state index in [0.29, 0.717) is 42.2 Å². The van der Waals surface area contributed by atoms with E-state index < -0.39 is 9.84 Å². The van der Waals surface area contributed by atoms with Crippen LogP contribution in [0.25, 0.3) is 0 Å². The molecule has 1 aromatic carbocycles. The summed E-state index contributed by atoms with van der Waals surface area (Å²) in [7, 11) is -2.99. The third kappa shape index (κ3) is 2.76. The molecule has 4 N–H and O–H groups in total. The Labute approximate surface area is 122 Å². The number of nitrogen functional groups attached to an aromatic ring is 1. The van der Waals surface area contributed by atoms with Crippen LogP contribution in [0.3, 0.4) is 0 Å². The lowest BCUT2D eigenvalue weighted by atomic mass is 10.2. The van der Waals surface area contributed by atoms with Crippen molar-refractivity contribution >= 4 is 32.8 Å². The zero-order valence-corrected chi connectivity index (χ0v) is 12.2. The summed E-state index contributed by atoms with van der Waals surface area (Å²) in [6, 6.07) is 3.30. The maximum Gasteiger partial charge on any atom is 0.262 e. The first-order valence-corrected chi connectivity index (χ1v) is 8.49. The Balaban J connectivity index is 1.77. The average molecular weight is 311 g/mol. The number of rotatable bonds is 3. The number of hydrogen-bond acceptors (Lipinski definition) is 6. The van der Waals surface area contributed by atoms with Gasteiger partial charge in [-0.2, -0.15) is 0 Å². The van der Waals surface area contributed by atoms with Crippen LogP contribution in [0.1, 0.15) is 12.8 Å². The second-order valence-corrected chi connectivity index (χ2v) is 7.69. The minimum absolute atomic E-state index is 0.0282. The molecule has 0 radical (unpaired) electrons. The second kappa shape index (κ2) is 5.10. The Morgan fingerprint density at radius 2 is 2.24 bits per heavy atom. The molecule has 3 rings (SSSR count). The molecule has 0 bridgehead atoms. The molecular weight excluding hydrogens is 294 g/mol. The number of fused-ring (bicyclic) bond motifs is 1. The number of anilines is 3. The first-order valence-electron chi connectivity index (χ1n) is 6.77. The van der Waals surface area contributed by atoms with E-state index in [0.717, 1.165) is 0 Å². The summed E-state index contributed by atoms with van der Waals surface area (Å²) in [5.74, 6) is 0.547. The molecule has 1 aromatic rings. The zero-order chi connectivity index (χ0) is 15.0. The van der Waals surface area contributed by atoms with Gasteiger partial charge in [0, 0.05) is 12.6 Å². The van der Waals surface area contributed by atoms with Crippen molar-refractivity contribution in [2.45, 2.75) is 18.1 Å². The lowest BCUT2D eigenvalue weighted by molar-refractivity contribution is -0.118. The highest BCUT2D eigenvalue weighted by atomic mass is 32.2. The van der Waals surface area contributed by atoms with E-state index in [-0.39, 0.29) is 23.5 Å². The lowest BCUT2D eigenvalue weighted by Gasteiger charge is -2.21. The van der Waals surface area contributed by atoms with E-state index in [4.69, 9.17) is 10.5 Å². The van der Waals surface area contributed by atoms with Crippen molar-refractivity contribution < 1.29 is 17.9 Å². The van der Waals surface area contributed by atoms with E-state index in [1.165, 1.54) is 0 Å². The van der Waals surface area contributed by atoms with Crippen LogP contribution in [-0.4, -0.2) is 38.5 Å². The average Bonchev–Trinajstić information content (AvgIpc) is 2.76. The van der Waals surface area contributed by atoms with Crippen molar-refractivity contribution in [3.63, 3.8) is 0 Å². The molecule has 1 atom stereocenters. The molecule has 114 valence electrons. The van der Waals surface area contributed by atoms with Gasteiger partial charge in [0.1, 0.15) is 5.75 Å². The van der Waals surface area contributed by atoms with Gasteiger partial charge in [-0.1, -0.05) is 0 Å². The van der Waals surface area contributed by atoms with Gasteiger partial charge < -0.3 is 21.1 Å². The van der Waals surface area contributed by atoms with Gasteiger partial charge in [-0.15, -0.1) is 0 Å². The molecule has 0 spiro atoms. The first-order chi connectivity index (χ1) is 9.95. The number of carbonyl (C=O) groups excluding carboxylic acids is 1. The Kier molecular flexibility index (Phi) is 3.40. The molecule has 0 aromatic heterocycles. The number of hydrogen-bond donors (Lipinski definition) is 3. The maximum absolute atomic E-state index is 11.8. The molecule has 8 heteroatoms. The largest absolute Gasteiger partial charge is 0.482 e. The fourth-order valence-corrected chi connectivity index (χ4v) is 4.37. The predicted molar refractivity (Wildman–Crippen MR) is 80.3 cm³/mol. The van der Waals surface area contributed by atoms with E-state index in [1.54, 1.807) is 12.1 Å². The fraction of sp³-hybridized carbons (Fsp3) is 0.462. The van der Waals surface area contributed by atoms with Crippen LogP contribution in [0.4, 0.5) is 17.1 Å². The molecule has 0 aliphatic carbocycles. The van der Waals surface area contributed by atoms with Gasteiger partial charge in [-0.3, -0.25) is 4.79 Å². The quantitative estimate of drug-likeness (QED) is 0.705. The molecule has 2 heterocycles. The van der Waals surface area contributed by atoms with Crippen molar-refractivity contribution in [1.29, 1.82) is 0 Å². The summed E-state index contributed by atoms with van der Waals surface area (Å²) in [6.45, 7) is 0.291. The summed E-state index contributed by atoms with van der Waals surface area (Å²) in [5.41, 5.74) is 7.52. The fourth-order valence-electron chi connectivity index (χ4n) is 2.61. The van der Waals surface area contributed by atoms with Gasteiger partial charge >= 0.3 is 0 Å². The molecule has 2 aliphatic heterocycles.